The Bertz CT molecular complexity index is 984. The molecule has 0 aromatic heterocycles. The summed E-state index contributed by atoms with van der Waals surface area (Å²) in [5.74, 6) is 0. The van der Waals surface area contributed by atoms with Crippen molar-refractivity contribution in [2.45, 2.75) is 58.3 Å². The molecule has 1 radical (unpaired) electrons. The van der Waals surface area contributed by atoms with Crippen molar-refractivity contribution >= 4 is 51.2 Å². The van der Waals surface area contributed by atoms with Crippen LogP contribution in [-0.2, 0) is 30.6 Å². The van der Waals surface area contributed by atoms with Crippen LogP contribution in [0.4, 0.5) is 0 Å². The minimum Gasteiger partial charge on any atom is -1.00 e. The predicted octanol–water partition coefficient (Wildman–Crippen LogP) is -0.487. The number of allylic oxidation sites excluding steroid dienone is 4. The van der Waals surface area contributed by atoms with Crippen molar-refractivity contribution in [2.24, 2.45) is 0 Å². The second kappa shape index (κ2) is 9.71. The molecule has 0 atom stereocenters. The van der Waals surface area contributed by atoms with Gasteiger partial charge in [0.05, 0.1) is 8.07 Å². The quantitative estimate of drug-likeness (QED) is 0.336. The molecule has 0 unspecified atom stereocenters. The van der Waals surface area contributed by atoms with Crippen LogP contribution in [0, 0.1) is 0 Å². The Labute approximate surface area is 217 Å². The second-order valence-corrected chi connectivity index (χ2v) is 24.1. The molecule has 2 aliphatic rings. The molecule has 1 heterocycles. The Hall–Kier alpha value is 0.384. The molecule has 30 heavy (non-hydrogen) atoms. The molecular formula is C23H33Cl2OSi3Zr. The van der Waals surface area contributed by atoms with Gasteiger partial charge in [0.15, 0.2) is 8.32 Å². The predicted molar refractivity (Wildman–Crippen MR) is 129 cm³/mol. The zero-order chi connectivity index (χ0) is 19.6. The maximum Gasteiger partial charge on any atom is 3.00 e. The molecule has 0 bridgehead atoms. The Morgan fingerprint density at radius 3 is 2.37 bits per heavy atom. The van der Waals surface area contributed by atoms with Gasteiger partial charge in [0.2, 0.25) is 0 Å². The number of benzene rings is 1. The smallest absolute Gasteiger partial charge is 1.00 e. The standard InChI is InChI=1S/C23H33OSi3.2ClH.Zr/c1-25(2,3)24-13-14-26(4,5)19-12-11-17(15-19)20-10-8-9-18-16-21-23(22(18)20)27(21,6)7;;;/h8-10,12,15-16H,11,13-14H2,1-7H3;2*1H;/q-1;;;+3/p-2. The van der Waals surface area contributed by atoms with Crippen LogP contribution >= 0.6 is 0 Å². The van der Waals surface area contributed by atoms with Gasteiger partial charge >= 0.3 is 26.2 Å². The first-order valence-electron chi connectivity index (χ1n) is 10.3. The number of fused-ring (bicyclic) bond motifs is 3. The summed E-state index contributed by atoms with van der Waals surface area (Å²) in [6.45, 7) is 17.8. The maximum atomic E-state index is 6.16. The molecule has 161 valence electrons. The molecule has 2 aromatic rings. The van der Waals surface area contributed by atoms with Crippen LogP contribution in [-0.4, -0.2) is 31.1 Å². The van der Waals surface area contributed by atoms with Gasteiger partial charge in [-0.3, -0.25) is 0 Å². The van der Waals surface area contributed by atoms with Crippen molar-refractivity contribution in [1.82, 2.24) is 0 Å². The average Bonchev–Trinajstić information content (AvgIpc) is 2.99. The Kier molecular flexibility index (Phi) is 9.19. The van der Waals surface area contributed by atoms with Gasteiger partial charge < -0.3 is 29.2 Å². The van der Waals surface area contributed by atoms with E-state index in [1.807, 2.05) is 0 Å². The summed E-state index contributed by atoms with van der Waals surface area (Å²) in [7, 11) is -4.04. The van der Waals surface area contributed by atoms with E-state index < -0.39 is 24.5 Å². The van der Waals surface area contributed by atoms with Crippen LogP contribution < -0.4 is 35.2 Å². The largest absolute Gasteiger partial charge is 3.00 e. The molecule has 0 amide bonds. The van der Waals surface area contributed by atoms with Crippen LogP contribution in [0.15, 0.2) is 41.6 Å². The van der Waals surface area contributed by atoms with Crippen molar-refractivity contribution in [1.29, 1.82) is 0 Å². The number of rotatable bonds is 6. The molecule has 1 aliphatic heterocycles. The molecule has 0 saturated carbocycles. The van der Waals surface area contributed by atoms with Gasteiger partial charge in [-0.2, -0.15) is 10.4 Å². The molecule has 0 spiro atoms. The summed E-state index contributed by atoms with van der Waals surface area (Å²) in [4.78, 5) is 0. The Morgan fingerprint density at radius 2 is 1.73 bits per heavy atom. The summed E-state index contributed by atoms with van der Waals surface area (Å²) in [6, 6.07) is 10.6. The van der Waals surface area contributed by atoms with Crippen LogP contribution in [0.3, 0.4) is 0 Å². The third-order valence-electron chi connectivity index (χ3n) is 6.41. The first kappa shape index (κ1) is 28.4. The topological polar surface area (TPSA) is 9.23 Å². The zero-order valence-electron chi connectivity index (χ0n) is 19.2. The summed E-state index contributed by atoms with van der Waals surface area (Å²) < 4.78 is 6.16. The van der Waals surface area contributed by atoms with Gasteiger partial charge in [0.1, 0.15) is 0 Å². The fourth-order valence-corrected chi connectivity index (χ4v) is 10.9. The van der Waals surface area contributed by atoms with E-state index in [-0.39, 0.29) is 51.0 Å². The van der Waals surface area contributed by atoms with Gasteiger partial charge in [0, 0.05) is 14.7 Å². The van der Waals surface area contributed by atoms with Crippen molar-refractivity contribution < 1.29 is 55.4 Å². The summed E-state index contributed by atoms with van der Waals surface area (Å²) in [6.07, 6.45) is 6.15. The second-order valence-electron chi connectivity index (χ2n) is 10.5. The van der Waals surface area contributed by atoms with Crippen LogP contribution in [0.25, 0.3) is 16.3 Å². The monoisotopic (exact) mass is 569 g/mol. The van der Waals surface area contributed by atoms with Gasteiger partial charge in [0.25, 0.3) is 0 Å². The molecule has 1 aliphatic carbocycles. The zero-order valence-corrected chi connectivity index (χ0v) is 26.2. The average molecular weight is 572 g/mol. The molecule has 0 fully saturated rings. The van der Waals surface area contributed by atoms with E-state index in [0.717, 1.165) is 13.0 Å². The van der Waals surface area contributed by atoms with Gasteiger partial charge in [-0.25, -0.2) is 0 Å². The fourth-order valence-electron chi connectivity index (χ4n) is 4.53. The minimum atomic E-state index is -1.43. The number of hydrogen-bond acceptors (Lipinski definition) is 1. The van der Waals surface area contributed by atoms with Crippen LogP contribution in [0.5, 0.6) is 0 Å². The normalized spacial score (nSPS) is 16.6. The third kappa shape index (κ3) is 5.30. The third-order valence-corrected chi connectivity index (χ3v) is 14.1. The van der Waals surface area contributed by atoms with E-state index >= 15 is 0 Å². The van der Waals surface area contributed by atoms with E-state index in [1.165, 1.54) is 22.6 Å². The molecule has 0 saturated heterocycles. The van der Waals surface area contributed by atoms with E-state index in [0.29, 0.717) is 0 Å². The summed E-state index contributed by atoms with van der Waals surface area (Å²) >= 11 is 0. The molecule has 1 nitrogen and oxygen atoms in total. The van der Waals surface area contributed by atoms with Crippen molar-refractivity contribution in [2.75, 3.05) is 6.61 Å². The number of halogens is 2. The van der Waals surface area contributed by atoms with E-state index in [1.54, 1.807) is 21.0 Å². The summed E-state index contributed by atoms with van der Waals surface area (Å²) in [5.41, 5.74) is 3.04. The van der Waals surface area contributed by atoms with Crippen molar-refractivity contribution in [3.63, 3.8) is 0 Å². The number of hydrogen-bond donors (Lipinski definition) is 0. The van der Waals surface area contributed by atoms with E-state index in [2.05, 4.69) is 82.2 Å². The van der Waals surface area contributed by atoms with E-state index in [9.17, 15) is 0 Å². The SMILES string of the molecule is C[Si](C)(C)OCC[Si](C)(C)C1=CCC(c2cccc3[cH-]c4c(c23)[Si]4(C)C)=C1.[Cl-].[Cl-].[Zr+3]. The van der Waals surface area contributed by atoms with E-state index in [4.69, 9.17) is 4.43 Å². The molecule has 4 rings (SSSR count). The minimum absolute atomic E-state index is 0. The first-order valence-corrected chi connectivity index (χ1v) is 19.9. The van der Waals surface area contributed by atoms with Gasteiger partial charge in [-0.05, 0) is 37.7 Å². The van der Waals surface area contributed by atoms with Crippen molar-refractivity contribution in [3.05, 3.63) is 47.2 Å². The first-order chi connectivity index (χ1) is 12.5. The Morgan fingerprint density at radius 1 is 1.07 bits per heavy atom. The molecule has 7 heteroatoms. The Balaban J connectivity index is 0.00000150. The van der Waals surface area contributed by atoms with Gasteiger partial charge in [-0.1, -0.05) is 55.2 Å². The maximum absolute atomic E-state index is 6.16. The van der Waals surface area contributed by atoms with Crippen LogP contribution in [0.1, 0.15) is 12.0 Å². The fraction of sp³-hybridized carbons (Fsp3) is 0.435. The van der Waals surface area contributed by atoms with Gasteiger partial charge in [-0.15, -0.1) is 29.0 Å². The molecule has 0 N–H and O–H groups in total. The summed E-state index contributed by atoms with van der Waals surface area (Å²) in [5, 5.41) is 8.07. The molecular weight excluding hydrogens is 539 g/mol. The van der Waals surface area contributed by atoms with Crippen LogP contribution in [0.2, 0.25) is 51.9 Å². The van der Waals surface area contributed by atoms with Crippen molar-refractivity contribution in [3.8, 4) is 0 Å². The molecule has 2 aromatic carbocycles.